The van der Waals surface area contributed by atoms with Crippen LogP contribution in [0.25, 0.3) is 0 Å². The van der Waals surface area contributed by atoms with Crippen molar-refractivity contribution in [1.82, 2.24) is 9.97 Å². The molecule has 0 atom stereocenters. The van der Waals surface area contributed by atoms with Crippen LogP contribution in [0.3, 0.4) is 0 Å². The summed E-state index contributed by atoms with van der Waals surface area (Å²) in [7, 11) is 0. The smallest absolute Gasteiger partial charge is 0.353 e. The molecule has 0 aliphatic carbocycles. The molecule has 3 nitrogen and oxygen atoms in total. The van der Waals surface area contributed by atoms with E-state index in [4.69, 9.17) is 0 Å². The van der Waals surface area contributed by atoms with Gasteiger partial charge in [0, 0.05) is 28.3 Å². The van der Waals surface area contributed by atoms with Gasteiger partial charge in [0.1, 0.15) is 0 Å². The molecule has 1 aromatic rings. The number of anilines is 1. The second-order valence-corrected chi connectivity index (χ2v) is 4.85. The van der Waals surface area contributed by atoms with E-state index in [0.29, 0.717) is 5.95 Å². The number of nitrogens with zero attached hydrogens (tertiary/aromatic N) is 2. The Morgan fingerprint density at radius 3 is 2.47 bits per heavy atom. The first-order chi connectivity index (χ1) is 6.97. The van der Waals surface area contributed by atoms with Gasteiger partial charge < -0.3 is 5.32 Å². The van der Waals surface area contributed by atoms with Crippen LogP contribution in [0.1, 0.15) is 0 Å². The normalized spacial score (nSPS) is 11.5. The van der Waals surface area contributed by atoms with E-state index < -0.39 is 5.51 Å². The minimum Gasteiger partial charge on any atom is -0.353 e. The summed E-state index contributed by atoms with van der Waals surface area (Å²) in [6, 6.07) is 0. The molecular formula is C7H7F3IN3S. The maximum Gasteiger partial charge on any atom is 0.441 e. The second-order valence-electron chi connectivity index (χ2n) is 2.45. The van der Waals surface area contributed by atoms with Crippen molar-refractivity contribution in [2.75, 3.05) is 17.6 Å². The standard InChI is InChI=1S/C7H7F3IN3S/c8-7(9,10)15-2-1-12-6-13-3-5(11)4-14-6/h3-4H,1-2H2,(H,12,13,14). The molecule has 0 radical (unpaired) electrons. The van der Waals surface area contributed by atoms with Crippen LogP contribution in [0.2, 0.25) is 0 Å². The van der Waals surface area contributed by atoms with Crippen molar-refractivity contribution in [2.24, 2.45) is 0 Å². The van der Waals surface area contributed by atoms with Gasteiger partial charge in [0.05, 0.1) is 0 Å². The van der Waals surface area contributed by atoms with Crippen LogP contribution in [0.5, 0.6) is 0 Å². The molecule has 84 valence electrons. The highest BCUT2D eigenvalue weighted by Gasteiger charge is 2.27. The Labute approximate surface area is 102 Å². The van der Waals surface area contributed by atoms with Crippen LogP contribution in [-0.2, 0) is 0 Å². The summed E-state index contributed by atoms with van der Waals surface area (Å²) in [6.45, 7) is 0.185. The molecule has 1 N–H and O–H groups in total. The van der Waals surface area contributed by atoms with Gasteiger partial charge in [0.15, 0.2) is 0 Å². The van der Waals surface area contributed by atoms with Gasteiger partial charge in [-0.3, -0.25) is 0 Å². The minimum absolute atomic E-state index is 0.0567. The average Bonchev–Trinajstić information content (AvgIpc) is 2.14. The van der Waals surface area contributed by atoms with Crippen LogP contribution >= 0.6 is 34.4 Å². The molecule has 0 unspecified atom stereocenters. The van der Waals surface area contributed by atoms with Crippen LogP contribution in [0.4, 0.5) is 19.1 Å². The summed E-state index contributed by atoms with van der Waals surface area (Å²) in [5, 5.41) is 2.70. The molecule has 0 aliphatic heterocycles. The van der Waals surface area contributed by atoms with Crippen LogP contribution in [-0.4, -0.2) is 27.8 Å². The Balaban J connectivity index is 2.23. The molecule has 1 aromatic heterocycles. The summed E-state index contributed by atoms with van der Waals surface area (Å²) in [5.41, 5.74) is -4.17. The summed E-state index contributed by atoms with van der Waals surface area (Å²) in [6.07, 6.45) is 3.18. The minimum atomic E-state index is -4.17. The Morgan fingerprint density at radius 1 is 1.33 bits per heavy atom. The number of aromatic nitrogens is 2. The molecule has 8 heteroatoms. The lowest BCUT2D eigenvalue weighted by molar-refractivity contribution is -0.0327. The molecule has 0 aromatic carbocycles. The zero-order valence-corrected chi connectivity index (χ0v) is 10.4. The van der Waals surface area contributed by atoms with Crippen LogP contribution < -0.4 is 5.32 Å². The van der Waals surface area contributed by atoms with Gasteiger partial charge >= 0.3 is 5.51 Å². The van der Waals surface area contributed by atoms with Crippen molar-refractivity contribution in [3.63, 3.8) is 0 Å². The quantitative estimate of drug-likeness (QED) is 0.670. The molecule has 0 bridgehead atoms. The maximum atomic E-state index is 11.7. The topological polar surface area (TPSA) is 37.8 Å². The molecule has 0 fully saturated rings. The van der Waals surface area contributed by atoms with E-state index in [0.717, 1.165) is 3.57 Å². The van der Waals surface area contributed by atoms with Gasteiger partial charge in [-0.2, -0.15) is 13.2 Å². The van der Waals surface area contributed by atoms with Crippen molar-refractivity contribution in [2.45, 2.75) is 5.51 Å². The highest BCUT2D eigenvalue weighted by molar-refractivity contribution is 14.1. The largest absolute Gasteiger partial charge is 0.441 e. The fourth-order valence-corrected chi connectivity index (χ4v) is 1.45. The fourth-order valence-electron chi connectivity index (χ4n) is 0.733. The molecule has 15 heavy (non-hydrogen) atoms. The number of thioether (sulfide) groups is 1. The van der Waals surface area contributed by atoms with Crippen molar-refractivity contribution >= 4 is 40.3 Å². The van der Waals surface area contributed by atoms with Crippen LogP contribution in [0.15, 0.2) is 12.4 Å². The zero-order chi connectivity index (χ0) is 11.3. The van der Waals surface area contributed by atoms with Gasteiger partial charge in [-0.1, -0.05) is 0 Å². The molecule has 1 heterocycles. The summed E-state index contributed by atoms with van der Waals surface area (Å²) >= 11 is 1.98. The Morgan fingerprint density at radius 2 is 1.93 bits per heavy atom. The van der Waals surface area contributed by atoms with Crippen LogP contribution in [0, 0.1) is 3.57 Å². The first-order valence-electron chi connectivity index (χ1n) is 3.89. The monoisotopic (exact) mass is 349 g/mol. The van der Waals surface area contributed by atoms with Crippen molar-refractivity contribution < 1.29 is 13.2 Å². The third-order valence-electron chi connectivity index (χ3n) is 1.27. The Bertz CT molecular complexity index is 303. The Kier molecular flexibility index (Phi) is 4.90. The number of hydrogen-bond acceptors (Lipinski definition) is 4. The predicted molar refractivity (Wildman–Crippen MR) is 61.8 cm³/mol. The fraction of sp³-hybridized carbons (Fsp3) is 0.429. The van der Waals surface area contributed by atoms with Gasteiger partial charge in [0.25, 0.3) is 0 Å². The van der Waals surface area contributed by atoms with E-state index >= 15 is 0 Å². The zero-order valence-electron chi connectivity index (χ0n) is 7.38. The number of halogens is 4. The summed E-state index contributed by atoms with van der Waals surface area (Å²) in [5.74, 6) is 0.289. The third kappa shape index (κ3) is 6.03. The van der Waals surface area contributed by atoms with Crippen molar-refractivity contribution in [3.05, 3.63) is 16.0 Å². The first-order valence-corrected chi connectivity index (χ1v) is 5.96. The van der Waals surface area contributed by atoms with E-state index in [-0.39, 0.29) is 24.1 Å². The van der Waals surface area contributed by atoms with Gasteiger partial charge in [-0.25, -0.2) is 9.97 Å². The predicted octanol–water partition coefficient (Wildman–Crippen LogP) is 2.75. The molecule has 0 amide bonds. The highest BCUT2D eigenvalue weighted by Crippen LogP contribution is 2.29. The molecular weight excluding hydrogens is 342 g/mol. The van der Waals surface area contributed by atoms with Crippen molar-refractivity contribution in [3.8, 4) is 0 Å². The molecule has 0 aliphatic rings. The van der Waals surface area contributed by atoms with Gasteiger partial charge in [-0.05, 0) is 34.4 Å². The van der Waals surface area contributed by atoms with E-state index in [1.165, 1.54) is 0 Å². The third-order valence-corrected chi connectivity index (χ3v) is 2.56. The number of hydrogen-bond donors (Lipinski definition) is 1. The molecule has 0 spiro atoms. The lowest BCUT2D eigenvalue weighted by atomic mass is 10.6. The average molecular weight is 349 g/mol. The van der Waals surface area contributed by atoms with Crippen molar-refractivity contribution in [1.29, 1.82) is 0 Å². The molecule has 1 rings (SSSR count). The Hall–Kier alpha value is -0.250. The molecule has 0 saturated carbocycles. The SMILES string of the molecule is FC(F)(F)SCCNc1ncc(I)cn1. The van der Waals surface area contributed by atoms with E-state index in [1.807, 2.05) is 22.6 Å². The lowest BCUT2D eigenvalue weighted by Gasteiger charge is -2.06. The van der Waals surface area contributed by atoms with Gasteiger partial charge in [-0.15, -0.1) is 0 Å². The summed E-state index contributed by atoms with van der Waals surface area (Å²) in [4.78, 5) is 7.78. The number of alkyl halides is 3. The second kappa shape index (κ2) is 5.73. The van der Waals surface area contributed by atoms with E-state index in [1.54, 1.807) is 12.4 Å². The van der Waals surface area contributed by atoms with Gasteiger partial charge in [0.2, 0.25) is 5.95 Å². The van der Waals surface area contributed by atoms with E-state index in [2.05, 4.69) is 15.3 Å². The molecule has 0 saturated heterocycles. The number of rotatable bonds is 4. The first kappa shape index (κ1) is 12.8. The lowest BCUT2D eigenvalue weighted by Crippen LogP contribution is -2.11. The highest BCUT2D eigenvalue weighted by atomic mass is 127. The van der Waals surface area contributed by atoms with E-state index in [9.17, 15) is 13.2 Å². The summed E-state index contributed by atoms with van der Waals surface area (Å²) < 4.78 is 36.1. The maximum absolute atomic E-state index is 11.7. The number of nitrogens with one attached hydrogen (secondary N) is 1.